The molecule has 0 spiro atoms. The first-order valence-corrected chi connectivity index (χ1v) is 9.58. The summed E-state index contributed by atoms with van der Waals surface area (Å²) in [6.07, 6.45) is 4.77. The molecule has 0 aromatic rings. The van der Waals surface area contributed by atoms with Crippen molar-refractivity contribution in [2.24, 2.45) is 22.0 Å². The maximum absolute atomic E-state index is 10.9. The number of aliphatic imine (C=N–C) groups is 1. The lowest BCUT2D eigenvalue weighted by molar-refractivity contribution is 0.250. The first-order valence-electron chi connectivity index (χ1n) is 7.87. The number of hydrogen-bond acceptors (Lipinski definition) is 3. The van der Waals surface area contributed by atoms with E-state index >= 15 is 0 Å². The van der Waals surface area contributed by atoms with Gasteiger partial charge in [0.15, 0.2) is 5.96 Å². The quantitative estimate of drug-likeness (QED) is 0.329. The lowest BCUT2D eigenvalue weighted by atomic mass is 9.80. The van der Waals surface area contributed by atoms with Crippen LogP contribution in [0.25, 0.3) is 0 Å². The number of guanidine groups is 1. The second-order valence-corrected chi connectivity index (χ2v) is 7.86. The first kappa shape index (κ1) is 21.9. The summed E-state index contributed by atoms with van der Waals surface area (Å²) in [4.78, 5) is 4.28. The SMILES string of the molecule is CCNC(=NCCS(N)(=O)=O)NC1CCC(C(C)C)CC1.I. The highest BCUT2D eigenvalue weighted by Gasteiger charge is 2.23. The maximum Gasteiger partial charge on any atom is 0.210 e. The molecule has 1 saturated carbocycles. The zero-order valence-corrected chi connectivity index (χ0v) is 17.0. The molecule has 1 aliphatic carbocycles. The van der Waals surface area contributed by atoms with Gasteiger partial charge in [-0.3, -0.25) is 4.99 Å². The molecule has 1 aliphatic rings. The number of primary sulfonamides is 1. The van der Waals surface area contributed by atoms with Crippen LogP contribution in [0.15, 0.2) is 4.99 Å². The Balaban J connectivity index is 0.00000441. The molecule has 1 rings (SSSR count). The lowest BCUT2D eigenvalue weighted by Gasteiger charge is -2.32. The van der Waals surface area contributed by atoms with Gasteiger partial charge in [-0.1, -0.05) is 13.8 Å². The minimum Gasteiger partial charge on any atom is -0.357 e. The van der Waals surface area contributed by atoms with Crippen LogP contribution >= 0.6 is 24.0 Å². The zero-order chi connectivity index (χ0) is 15.9. The van der Waals surface area contributed by atoms with Gasteiger partial charge in [-0.25, -0.2) is 13.6 Å². The largest absolute Gasteiger partial charge is 0.357 e. The molecule has 8 heteroatoms. The summed E-state index contributed by atoms with van der Waals surface area (Å²) >= 11 is 0. The van der Waals surface area contributed by atoms with Crippen molar-refractivity contribution >= 4 is 40.0 Å². The number of hydrogen-bond donors (Lipinski definition) is 3. The number of halogens is 1. The van der Waals surface area contributed by atoms with Crippen molar-refractivity contribution in [3.63, 3.8) is 0 Å². The van der Waals surface area contributed by atoms with E-state index in [4.69, 9.17) is 5.14 Å². The summed E-state index contributed by atoms with van der Waals surface area (Å²) in [5, 5.41) is 11.5. The molecule has 0 aromatic carbocycles. The van der Waals surface area contributed by atoms with Crippen molar-refractivity contribution in [3.05, 3.63) is 0 Å². The molecule has 132 valence electrons. The Bertz CT molecular complexity index is 432. The van der Waals surface area contributed by atoms with E-state index in [2.05, 4.69) is 29.5 Å². The van der Waals surface area contributed by atoms with E-state index in [9.17, 15) is 8.42 Å². The van der Waals surface area contributed by atoms with Gasteiger partial charge in [-0.05, 0) is 44.4 Å². The molecule has 22 heavy (non-hydrogen) atoms. The fraction of sp³-hybridized carbons (Fsp3) is 0.929. The van der Waals surface area contributed by atoms with E-state index in [1.807, 2.05) is 6.92 Å². The molecule has 4 N–H and O–H groups in total. The van der Waals surface area contributed by atoms with Gasteiger partial charge in [0.05, 0.1) is 12.3 Å². The van der Waals surface area contributed by atoms with Crippen LogP contribution in [-0.2, 0) is 10.0 Å². The highest BCUT2D eigenvalue weighted by Crippen LogP contribution is 2.29. The van der Waals surface area contributed by atoms with Crippen LogP contribution < -0.4 is 15.8 Å². The van der Waals surface area contributed by atoms with Gasteiger partial charge >= 0.3 is 0 Å². The van der Waals surface area contributed by atoms with Crippen LogP contribution in [0.5, 0.6) is 0 Å². The lowest BCUT2D eigenvalue weighted by Crippen LogP contribution is -2.45. The summed E-state index contributed by atoms with van der Waals surface area (Å²) in [7, 11) is -3.45. The molecule has 6 nitrogen and oxygen atoms in total. The normalized spacial score (nSPS) is 23.0. The summed E-state index contributed by atoms with van der Waals surface area (Å²) in [5.41, 5.74) is 0. The van der Waals surface area contributed by atoms with E-state index in [1.165, 1.54) is 12.8 Å². The smallest absolute Gasteiger partial charge is 0.210 e. The summed E-state index contributed by atoms with van der Waals surface area (Å²) in [6.45, 7) is 7.51. The molecule has 0 saturated heterocycles. The van der Waals surface area contributed by atoms with Crippen molar-refractivity contribution < 1.29 is 8.42 Å². The second kappa shape index (κ2) is 10.6. The third-order valence-corrected chi connectivity index (χ3v) is 4.80. The van der Waals surface area contributed by atoms with E-state index < -0.39 is 10.0 Å². The molecule has 0 heterocycles. The zero-order valence-electron chi connectivity index (χ0n) is 13.8. The van der Waals surface area contributed by atoms with Crippen LogP contribution in [0.3, 0.4) is 0 Å². The molecule has 1 fully saturated rings. The molecule has 0 atom stereocenters. The molecular weight excluding hydrogens is 415 g/mol. The predicted molar refractivity (Wildman–Crippen MR) is 103 cm³/mol. The third-order valence-electron chi connectivity index (χ3n) is 4.05. The Morgan fingerprint density at radius 1 is 1.27 bits per heavy atom. The summed E-state index contributed by atoms with van der Waals surface area (Å²) in [6, 6.07) is 0.423. The van der Waals surface area contributed by atoms with Crippen molar-refractivity contribution in [3.8, 4) is 0 Å². The van der Waals surface area contributed by atoms with E-state index in [0.29, 0.717) is 12.0 Å². The van der Waals surface area contributed by atoms with E-state index in [1.54, 1.807) is 0 Å². The number of rotatable bonds is 6. The Kier molecular flexibility index (Phi) is 10.6. The Morgan fingerprint density at radius 3 is 2.32 bits per heavy atom. The standard InChI is InChI=1S/C14H30N4O2S.HI/c1-4-16-14(17-9-10-21(15,19)20)18-13-7-5-12(6-8-13)11(2)3;/h11-13H,4-10H2,1-3H3,(H2,15,19,20)(H2,16,17,18);1H. The molecule has 0 amide bonds. The van der Waals surface area contributed by atoms with Gasteiger partial charge in [0.25, 0.3) is 0 Å². The summed E-state index contributed by atoms with van der Waals surface area (Å²) in [5.74, 6) is 2.14. The van der Waals surface area contributed by atoms with Gasteiger partial charge in [-0.2, -0.15) is 0 Å². The van der Waals surface area contributed by atoms with E-state index in [0.717, 1.165) is 31.2 Å². The van der Waals surface area contributed by atoms with Crippen LogP contribution in [0.2, 0.25) is 0 Å². The fourth-order valence-corrected chi connectivity index (χ4v) is 3.07. The van der Waals surface area contributed by atoms with Crippen LogP contribution in [-0.4, -0.2) is 39.3 Å². The van der Waals surface area contributed by atoms with E-state index in [-0.39, 0.29) is 36.3 Å². The predicted octanol–water partition coefficient (Wildman–Crippen LogP) is 1.66. The van der Waals surface area contributed by atoms with Crippen LogP contribution in [0.1, 0.15) is 46.5 Å². The number of nitrogens with one attached hydrogen (secondary N) is 2. The molecule has 0 bridgehead atoms. The second-order valence-electron chi connectivity index (χ2n) is 6.13. The highest BCUT2D eigenvalue weighted by molar-refractivity contribution is 14.0. The van der Waals surface area contributed by atoms with Gasteiger partial charge in [-0.15, -0.1) is 24.0 Å². The Hall–Kier alpha value is -0.0900. The molecule has 0 aromatic heterocycles. The average molecular weight is 446 g/mol. The topological polar surface area (TPSA) is 96.6 Å². The van der Waals surface area contributed by atoms with Crippen LogP contribution in [0, 0.1) is 11.8 Å². The van der Waals surface area contributed by atoms with Gasteiger partial charge in [0.2, 0.25) is 10.0 Å². The van der Waals surface area contributed by atoms with Crippen molar-refractivity contribution in [1.82, 2.24) is 10.6 Å². The number of nitrogens with two attached hydrogens (primary N) is 1. The van der Waals surface area contributed by atoms with Gasteiger partial charge < -0.3 is 10.6 Å². The monoisotopic (exact) mass is 446 g/mol. The summed E-state index contributed by atoms with van der Waals surface area (Å²) < 4.78 is 21.9. The minimum atomic E-state index is -3.45. The molecule has 0 radical (unpaired) electrons. The van der Waals surface area contributed by atoms with Gasteiger partial charge in [0.1, 0.15) is 0 Å². The van der Waals surface area contributed by atoms with Gasteiger partial charge in [0, 0.05) is 12.6 Å². The van der Waals surface area contributed by atoms with Crippen molar-refractivity contribution in [1.29, 1.82) is 0 Å². The van der Waals surface area contributed by atoms with Crippen LogP contribution in [0.4, 0.5) is 0 Å². The molecule has 0 aliphatic heterocycles. The maximum atomic E-state index is 10.9. The molecular formula is C14H31IN4O2S. The number of nitrogens with zero attached hydrogens (tertiary/aromatic N) is 1. The molecule has 0 unspecified atom stereocenters. The average Bonchev–Trinajstić information content (AvgIpc) is 2.38. The minimum absolute atomic E-state index is 0. The third kappa shape index (κ3) is 9.14. The highest BCUT2D eigenvalue weighted by atomic mass is 127. The first-order chi connectivity index (χ1) is 9.81. The Morgan fingerprint density at radius 2 is 1.86 bits per heavy atom. The van der Waals surface area contributed by atoms with Crippen molar-refractivity contribution in [2.75, 3.05) is 18.8 Å². The van der Waals surface area contributed by atoms with Crippen molar-refractivity contribution in [2.45, 2.75) is 52.5 Å². The number of sulfonamides is 1. The fourth-order valence-electron chi connectivity index (χ4n) is 2.73. The Labute approximate surface area is 152 Å².